The van der Waals surface area contributed by atoms with Crippen molar-refractivity contribution in [2.24, 2.45) is 0 Å². The molecule has 4 rings (SSSR count). The minimum atomic E-state index is -3.57. The molecule has 0 radical (unpaired) electrons. The van der Waals surface area contributed by atoms with Crippen LogP contribution in [0.5, 0.6) is 5.75 Å². The summed E-state index contributed by atoms with van der Waals surface area (Å²) in [5.41, 5.74) is 2.05. The van der Waals surface area contributed by atoms with Gasteiger partial charge in [0.25, 0.3) is 0 Å². The predicted octanol–water partition coefficient (Wildman–Crippen LogP) is 1.64. The third-order valence-corrected chi connectivity index (χ3v) is 7.41. The van der Waals surface area contributed by atoms with Gasteiger partial charge in [0.1, 0.15) is 16.8 Å². The number of carbonyl (C=O) groups is 1. The van der Waals surface area contributed by atoms with Gasteiger partial charge in [-0.3, -0.25) is 9.69 Å². The first-order chi connectivity index (χ1) is 14.5. The maximum atomic E-state index is 12.8. The third-order valence-electron chi connectivity index (χ3n) is 4.96. The van der Waals surface area contributed by atoms with Gasteiger partial charge in [-0.1, -0.05) is 6.07 Å². The summed E-state index contributed by atoms with van der Waals surface area (Å²) in [6.45, 7) is 1.79. The molecule has 1 aromatic heterocycles. The summed E-state index contributed by atoms with van der Waals surface area (Å²) in [5, 5.41) is 2.88. The van der Waals surface area contributed by atoms with E-state index in [1.807, 2.05) is 17.0 Å². The number of rotatable bonds is 6. The van der Waals surface area contributed by atoms with Crippen LogP contribution in [0.3, 0.4) is 0 Å². The summed E-state index contributed by atoms with van der Waals surface area (Å²) in [5.74, 6) is 0.441. The van der Waals surface area contributed by atoms with Crippen molar-refractivity contribution < 1.29 is 17.9 Å². The highest BCUT2D eigenvalue weighted by Crippen LogP contribution is 2.22. The van der Waals surface area contributed by atoms with Crippen molar-refractivity contribution in [2.45, 2.75) is 4.90 Å². The van der Waals surface area contributed by atoms with Crippen molar-refractivity contribution in [3.63, 3.8) is 0 Å². The molecule has 1 aliphatic rings. The van der Waals surface area contributed by atoms with Gasteiger partial charge in [-0.25, -0.2) is 8.42 Å². The van der Waals surface area contributed by atoms with E-state index in [0.717, 1.165) is 17.2 Å². The molecule has 2 heterocycles. The summed E-state index contributed by atoms with van der Waals surface area (Å²) in [6, 6.07) is 11.8. The van der Waals surface area contributed by atoms with Crippen LogP contribution in [0.25, 0.3) is 11.0 Å². The molecule has 0 atom stereocenters. The second-order valence-corrected chi connectivity index (χ2v) is 9.31. The number of amides is 1. The Morgan fingerprint density at radius 3 is 2.53 bits per heavy atom. The van der Waals surface area contributed by atoms with Crippen LogP contribution in [0.15, 0.2) is 47.4 Å². The van der Waals surface area contributed by atoms with Crippen molar-refractivity contribution in [3.05, 3.63) is 42.5 Å². The van der Waals surface area contributed by atoms with Crippen LogP contribution < -0.4 is 10.1 Å². The van der Waals surface area contributed by atoms with E-state index in [9.17, 15) is 13.2 Å². The van der Waals surface area contributed by atoms with Crippen LogP contribution in [-0.4, -0.2) is 72.1 Å². The van der Waals surface area contributed by atoms with E-state index in [1.54, 1.807) is 30.3 Å². The number of hydrogen-bond donors (Lipinski definition) is 1. The molecule has 0 spiro atoms. The highest BCUT2D eigenvalue weighted by Gasteiger charge is 2.29. The Hall–Kier alpha value is -2.60. The monoisotopic (exact) mass is 447 g/mol. The van der Waals surface area contributed by atoms with Crippen LogP contribution in [0.1, 0.15) is 0 Å². The molecule has 0 aliphatic carbocycles. The van der Waals surface area contributed by atoms with Gasteiger partial charge in [-0.2, -0.15) is 13.1 Å². The lowest BCUT2D eigenvalue weighted by Crippen LogP contribution is -2.50. The summed E-state index contributed by atoms with van der Waals surface area (Å²) in [7, 11) is -2.03. The number of ether oxygens (including phenoxy) is 1. The van der Waals surface area contributed by atoms with Gasteiger partial charge in [0.2, 0.25) is 15.9 Å². The zero-order chi connectivity index (χ0) is 21.1. The molecular formula is C19H21N5O4S2. The minimum Gasteiger partial charge on any atom is -0.497 e. The Labute approximate surface area is 178 Å². The molecule has 30 heavy (non-hydrogen) atoms. The second-order valence-electron chi connectivity index (χ2n) is 6.84. The average molecular weight is 448 g/mol. The van der Waals surface area contributed by atoms with Crippen LogP contribution in [-0.2, 0) is 14.8 Å². The first kappa shape index (κ1) is 20.7. The van der Waals surface area contributed by atoms with E-state index < -0.39 is 10.0 Å². The Bertz CT molecular complexity index is 1140. The number of fused-ring (bicyclic) bond motifs is 1. The lowest BCUT2D eigenvalue weighted by molar-refractivity contribution is -0.117. The van der Waals surface area contributed by atoms with Gasteiger partial charge >= 0.3 is 0 Å². The lowest BCUT2D eigenvalue weighted by Gasteiger charge is -2.33. The molecule has 0 bridgehead atoms. The topological polar surface area (TPSA) is 105 Å². The fraction of sp³-hybridized carbons (Fsp3) is 0.316. The molecule has 1 saturated heterocycles. The van der Waals surface area contributed by atoms with Crippen molar-refractivity contribution in [1.29, 1.82) is 0 Å². The summed E-state index contributed by atoms with van der Waals surface area (Å²) in [4.78, 5) is 14.6. The summed E-state index contributed by atoms with van der Waals surface area (Å²) >= 11 is 1.10. The van der Waals surface area contributed by atoms with E-state index in [2.05, 4.69) is 14.1 Å². The van der Waals surface area contributed by atoms with Crippen LogP contribution in [0.2, 0.25) is 0 Å². The largest absolute Gasteiger partial charge is 0.497 e. The van der Waals surface area contributed by atoms with Crippen molar-refractivity contribution in [1.82, 2.24) is 18.0 Å². The summed E-state index contributed by atoms with van der Waals surface area (Å²) < 4.78 is 40.6. The Balaban J connectivity index is 1.34. The number of anilines is 1. The highest BCUT2D eigenvalue weighted by atomic mass is 32.2. The van der Waals surface area contributed by atoms with Gasteiger partial charge in [-0.05, 0) is 36.4 Å². The molecule has 11 heteroatoms. The average Bonchev–Trinajstić information content (AvgIpc) is 3.24. The number of nitrogens with zero attached hydrogens (tertiary/aromatic N) is 4. The van der Waals surface area contributed by atoms with Gasteiger partial charge < -0.3 is 10.1 Å². The SMILES string of the molecule is COc1ccc(S(=O)(=O)N2CCN(CC(=O)Nc3cccc4nsnc34)CC2)cc1. The highest BCUT2D eigenvalue weighted by molar-refractivity contribution is 7.89. The zero-order valence-electron chi connectivity index (χ0n) is 16.3. The summed E-state index contributed by atoms with van der Waals surface area (Å²) in [6.07, 6.45) is 0. The lowest BCUT2D eigenvalue weighted by atomic mass is 10.2. The fourth-order valence-corrected chi connectivity index (χ4v) is 5.30. The second kappa shape index (κ2) is 8.64. The molecule has 1 amide bonds. The number of methoxy groups -OCH3 is 1. The first-order valence-corrected chi connectivity index (χ1v) is 11.5. The molecule has 1 fully saturated rings. The number of aromatic nitrogens is 2. The van der Waals surface area contributed by atoms with E-state index in [0.29, 0.717) is 43.1 Å². The van der Waals surface area contributed by atoms with E-state index in [4.69, 9.17) is 4.74 Å². The molecular weight excluding hydrogens is 426 g/mol. The fourth-order valence-electron chi connectivity index (χ4n) is 3.32. The normalized spacial score (nSPS) is 15.9. The maximum Gasteiger partial charge on any atom is 0.243 e. The molecule has 3 aromatic rings. The van der Waals surface area contributed by atoms with Crippen molar-refractivity contribution in [3.8, 4) is 5.75 Å². The maximum absolute atomic E-state index is 12.8. The molecule has 158 valence electrons. The standard InChI is InChI=1S/C19H21N5O4S2/c1-28-14-5-7-15(8-6-14)30(26,27)24-11-9-23(10-12-24)13-18(25)20-16-3-2-4-17-19(16)22-29-21-17/h2-8H,9-13H2,1H3,(H,20,25). The van der Waals surface area contributed by atoms with Gasteiger partial charge in [0.15, 0.2) is 0 Å². The Morgan fingerprint density at radius 1 is 1.10 bits per heavy atom. The minimum absolute atomic E-state index is 0.165. The third kappa shape index (κ3) is 4.29. The van der Waals surface area contributed by atoms with Gasteiger partial charge in [0, 0.05) is 26.2 Å². The number of carbonyl (C=O) groups excluding carboxylic acids is 1. The van der Waals surface area contributed by atoms with Crippen LogP contribution in [0, 0.1) is 0 Å². The number of hydrogen-bond acceptors (Lipinski definition) is 8. The quantitative estimate of drug-likeness (QED) is 0.613. The molecule has 9 nitrogen and oxygen atoms in total. The predicted molar refractivity (Wildman–Crippen MR) is 114 cm³/mol. The van der Waals surface area contributed by atoms with E-state index in [1.165, 1.54) is 11.4 Å². The molecule has 2 aromatic carbocycles. The number of nitrogens with one attached hydrogen (secondary N) is 1. The zero-order valence-corrected chi connectivity index (χ0v) is 17.9. The van der Waals surface area contributed by atoms with Crippen LogP contribution >= 0.6 is 11.7 Å². The Kier molecular flexibility index (Phi) is 5.95. The first-order valence-electron chi connectivity index (χ1n) is 9.35. The van der Waals surface area contributed by atoms with Gasteiger partial charge in [-0.15, -0.1) is 0 Å². The van der Waals surface area contributed by atoms with Gasteiger partial charge in [0.05, 0.1) is 36.0 Å². The van der Waals surface area contributed by atoms with Crippen LogP contribution in [0.4, 0.5) is 5.69 Å². The van der Waals surface area contributed by atoms with E-state index in [-0.39, 0.29) is 17.3 Å². The van der Waals surface area contributed by atoms with E-state index >= 15 is 0 Å². The number of benzene rings is 2. The molecule has 1 N–H and O–H groups in total. The smallest absolute Gasteiger partial charge is 0.243 e. The Morgan fingerprint density at radius 2 is 1.83 bits per heavy atom. The van der Waals surface area contributed by atoms with Crippen molar-refractivity contribution >= 4 is 44.4 Å². The molecule has 0 unspecified atom stereocenters. The number of sulfonamides is 1. The molecule has 0 saturated carbocycles. The molecule has 1 aliphatic heterocycles. The number of piperazine rings is 1. The van der Waals surface area contributed by atoms with Crippen molar-refractivity contribution in [2.75, 3.05) is 45.2 Å².